The highest BCUT2D eigenvalue weighted by Gasteiger charge is 2.18. The predicted octanol–water partition coefficient (Wildman–Crippen LogP) is 3.98. The third-order valence-corrected chi connectivity index (χ3v) is 3.08. The van der Waals surface area contributed by atoms with Gasteiger partial charge in [0, 0.05) is 10.2 Å². The van der Waals surface area contributed by atoms with E-state index in [0.29, 0.717) is 6.61 Å². The van der Waals surface area contributed by atoms with Crippen molar-refractivity contribution in [3.63, 3.8) is 0 Å². The fraction of sp³-hybridized carbons (Fsp3) is 0.500. The molecule has 1 aromatic rings. The van der Waals surface area contributed by atoms with E-state index in [-0.39, 0.29) is 12.0 Å². The molecule has 0 saturated carbocycles. The molecule has 0 aromatic heterocycles. The minimum absolute atomic E-state index is 0.175. The summed E-state index contributed by atoms with van der Waals surface area (Å²) in [6, 6.07) is 7.53. The Morgan fingerprint density at radius 3 is 2.83 bits per heavy atom. The molecule has 0 aliphatic heterocycles. The number of carbonyl (C=O) groups is 1. The molecule has 1 N–H and O–H groups in total. The predicted molar refractivity (Wildman–Crippen MR) is 77.7 cm³/mol. The fourth-order valence-electron chi connectivity index (χ4n) is 1.68. The van der Waals surface area contributed by atoms with E-state index >= 15 is 0 Å². The summed E-state index contributed by atoms with van der Waals surface area (Å²) in [6.45, 7) is 4.36. The van der Waals surface area contributed by atoms with Crippen molar-refractivity contribution in [2.24, 2.45) is 0 Å². The van der Waals surface area contributed by atoms with E-state index in [1.165, 1.54) is 0 Å². The fourth-order valence-corrected chi connectivity index (χ4v) is 2.08. The zero-order valence-corrected chi connectivity index (χ0v) is 12.5. The summed E-state index contributed by atoms with van der Waals surface area (Å²) in [6.07, 6.45) is 2.86. The second-order valence-corrected chi connectivity index (χ2v) is 5.02. The summed E-state index contributed by atoms with van der Waals surface area (Å²) in [4.78, 5) is 11.8. The van der Waals surface area contributed by atoms with Crippen molar-refractivity contribution in [1.29, 1.82) is 0 Å². The zero-order chi connectivity index (χ0) is 13.4. The monoisotopic (exact) mass is 313 g/mol. The van der Waals surface area contributed by atoms with Crippen LogP contribution in [-0.4, -0.2) is 18.6 Å². The molecule has 0 fully saturated rings. The van der Waals surface area contributed by atoms with Crippen molar-refractivity contribution in [2.75, 3.05) is 11.9 Å². The molecule has 1 rings (SSSR count). The van der Waals surface area contributed by atoms with Crippen LogP contribution in [0.4, 0.5) is 5.69 Å². The number of nitrogens with one attached hydrogen (secondary N) is 1. The van der Waals surface area contributed by atoms with Crippen molar-refractivity contribution < 1.29 is 9.53 Å². The summed E-state index contributed by atoms with van der Waals surface area (Å²) in [5.74, 6) is -0.175. The molecule has 0 bridgehead atoms. The van der Waals surface area contributed by atoms with Gasteiger partial charge in [-0.3, -0.25) is 0 Å². The van der Waals surface area contributed by atoms with E-state index in [0.717, 1.165) is 29.4 Å². The van der Waals surface area contributed by atoms with Gasteiger partial charge in [0.25, 0.3) is 0 Å². The van der Waals surface area contributed by atoms with Gasteiger partial charge in [0.2, 0.25) is 0 Å². The first-order valence-electron chi connectivity index (χ1n) is 6.36. The molecule has 0 saturated heterocycles. The van der Waals surface area contributed by atoms with Gasteiger partial charge >= 0.3 is 5.97 Å². The summed E-state index contributed by atoms with van der Waals surface area (Å²) < 4.78 is 6.08. The quantitative estimate of drug-likeness (QED) is 0.774. The van der Waals surface area contributed by atoms with Gasteiger partial charge in [0.1, 0.15) is 6.04 Å². The van der Waals surface area contributed by atoms with Crippen molar-refractivity contribution in [3.05, 3.63) is 28.7 Å². The van der Waals surface area contributed by atoms with Crippen LogP contribution in [0, 0.1) is 0 Å². The molecular formula is C14H20BrNO2. The molecule has 18 heavy (non-hydrogen) atoms. The van der Waals surface area contributed by atoms with Crippen LogP contribution in [0.2, 0.25) is 0 Å². The SMILES string of the molecule is CCCCC(Nc1cccc(Br)c1)C(=O)OCC. The first-order valence-corrected chi connectivity index (χ1v) is 7.15. The Hall–Kier alpha value is -1.03. The lowest BCUT2D eigenvalue weighted by Crippen LogP contribution is -2.31. The molecule has 0 aliphatic rings. The lowest BCUT2D eigenvalue weighted by atomic mass is 10.1. The van der Waals surface area contributed by atoms with E-state index in [1.807, 2.05) is 31.2 Å². The van der Waals surface area contributed by atoms with E-state index in [2.05, 4.69) is 28.2 Å². The molecule has 0 heterocycles. The van der Waals surface area contributed by atoms with Gasteiger partial charge in [0.15, 0.2) is 0 Å². The van der Waals surface area contributed by atoms with Crippen LogP contribution in [-0.2, 0) is 9.53 Å². The molecule has 3 nitrogen and oxygen atoms in total. The third kappa shape index (κ3) is 5.08. The highest BCUT2D eigenvalue weighted by molar-refractivity contribution is 9.10. The zero-order valence-electron chi connectivity index (χ0n) is 10.9. The van der Waals surface area contributed by atoms with Gasteiger partial charge in [-0.1, -0.05) is 41.8 Å². The van der Waals surface area contributed by atoms with Crippen molar-refractivity contribution in [3.8, 4) is 0 Å². The van der Waals surface area contributed by atoms with Crippen LogP contribution < -0.4 is 5.32 Å². The Balaban J connectivity index is 2.68. The number of halogens is 1. The molecule has 0 spiro atoms. The average molecular weight is 314 g/mol. The van der Waals surface area contributed by atoms with Crippen molar-refractivity contribution in [2.45, 2.75) is 39.2 Å². The molecule has 1 aromatic carbocycles. The van der Waals surface area contributed by atoms with Crippen LogP contribution in [0.25, 0.3) is 0 Å². The standard InChI is InChI=1S/C14H20BrNO2/c1-3-5-9-13(14(17)18-4-2)16-12-8-6-7-11(15)10-12/h6-8,10,13,16H,3-5,9H2,1-2H3. The first kappa shape index (κ1) is 15.0. The van der Waals surface area contributed by atoms with E-state index < -0.39 is 0 Å². The Morgan fingerprint density at radius 2 is 2.22 bits per heavy atom. The maximum atomic E-state index is 11.8. The number of carbonyl (C=O) groups excluding carboxylic acids is 1. The summed E-state index contributed by atoms with van der Waals surface area (Å²) >= 11 is 3.42. The van der Waals surface area contributed by atoms with E-state index in [4.69, 9.17) is 4.74 Å². The Bertz CT molecular complexity index is 382. The minimum atomic E-state index is -0.265. The highest BCUT2D eigenvalue weighted by atomic mass is 79.9. The average Bonchev–Trinajstić information content (AvgIpc) is 2.34. The molecule has 1 unspecified atom stereocenters. The number of hydrogen-bond acceptors (Lipinski definition) is 3. The lowest BCUT2D eigenvalue weighted by Gasteiger charge is -2.18. The van der Waals surface area contributed by atoms with Crippen LogP contribution in [0.3, 0.4) is 0 Å². The van der Waals surface area contributed by atoms with Gasteiger partial charge in [-0.2, -0.15) is 0 Å². The smallest absolute Gasteiger partial charge is 0.328 e. The van der Waals surface area contributed by atoms with Crippen LogP contribution in [0.5, 0.6) is 0 Å². The number of anilines is 1. The molecule has 0 amide bonds. The van der Waals surface area contributed by atoms with Crippen molar-refractivity contribution in [1.82, 2.24) is 0 Å². The second kappa shape index (κ2) is 8.14. The second-order valence-electron chi connectivity index (χ2n) is 4.10. The molecule has 100 valence electrons. The van der Waals surface area contributed by atoms with Crippen LogP contribution in [0.15, 0.2) is 28.7 Å². The Morgan fingerprint density at radius 1 is 1.44 bits per heavy atom. The Labute approximate surface area is 117 Å². The normalized spacial score (nSPS) is 11.9. The largest absolute Gasteiger partial charge is 0.464 e. The van der Waals surface area contributed by atoms with Gasteiger partial charge in [-0.15, -0.1) is 0 Å². The van der Waals surface area contributed by atoms with Crippen LogP contribution in [0.1, 0.15) is 33.1 Å². The van der Waals surface area contributed by atoms with E-state index in [9.17, 15) is 4.79 Å². The summed E-state index contributed by atoms with van der Waals surface area (Å²) in [5, 5.41) is 3.23. The molecule has 4 heteroatoms. The van der Waals surface area contributed by atoms with Gasteiger partial charge in [-0.25, -0.2) is 4.79 Å². The number of unbranched alkanes of at least 4 members (excludes halogenated alkanes) is 1. The number of ether oxygens (including phenoxy) is 1. The maximum Gasteiger partial charge on any atom is 0.328 e. The third-order valence-electron chi connectivity index (χ3n) is 2.58. The number of esters is 1. The topological polar surface area (TPSA) is 38.3 Å². The lowest BCUT2D eigenvalue weighted by molar-refractivity contribution is -0.144. The summed E-state index contributed by atoms with van der Waals surface area (Å²) in [5.41, 5.74) is 0.929. The summed E-state index contributed by atoms with van der Waals surface area (Å²) in [7, 11) is 0. The molecule has 1 atom stereocenters. The van der Waals surface area contributed by atoms with Crippen LogP contribution >= 0.6 is 15.9 Å². The minimum Gasteiger partial charge on any atom is -0.464 e. The van der Waals surface area contributed by atoms with Gasteiger partial charge in [0.05, 0.1) is 6.61 Å². The van der Waals surface area contributed by atoms with Gasteiger partial charge < -0.3 is 10.1 Å². The number of benzene rings is 1. The van der Waals surface area contributed by atoms with Gasteiger partial charge in [-0.05, 0) is 31.5 Å². The maximum absolute atomic E-state index is 11.8. The number of hydrogen-bond donors (Lipinski definition) is 1. The van der Waals surface area contributed by atoms with E-state index in [1.54, 1.807) is 0 Å². The first-order chi connectivity index (χ1) is 8.67. The molecule has 0 radical (unpaired) electrons. The molecular weight excluding hydrogens is 294 g/mol. The highest BCUT2D eigenvalue weighted by Crippen LogP contribution is 2.18. The van der Waals surface area contributed by atoms with Crippen molar-refractivity contribution >= 4 is 27.6 Å². The molecule has 0 aliphatic carbocycles. The number of rotatable bonds is 7. The Kier molecular flexibility index (Phi) is 6.80.